The number of benzene rings is 1. The number of hydrogen-bond acceptors (Lipinski definition) is 7. The zero-order valence-electron chi connectivity index (χ0n) is 14.3. The summed E-state index contributed by atoms with van der Waals surface area (Å²) in [6.07, 6.45) is 0.803. The van der Waals surface area contributed by atoms with Crippen LogP contribution in [0, 0.1) is 6.92 Å². The number of amides is 3. The van der Waals surface area contributed by atoms with Crippen LogP contribution in [0.3, 0.4) is 0 Å². The van der Waals surface area contributed by atoms with Crippen LogP contribution in [0.1, 0.15) is 25.8 Å². The highest BCUT2D eigenvalue weighted by molar-refractivity contribution is 8.01. The third kappa shape index (κ3) is 6.71. The summed E-state index contributed by atoms with van der Waals surface area (Å²) in [5.74, 6) is -0.262. The van der Waals surface area contributed by atoms with Crippen LogP contribution in [0.25, 0.3) is 0 Å². The van der Waals surface area contributed by atoms with Crippen LogP contribution in [-0.2, 0) is 4.79 Å². The molecule has 0 aliphatic heterocycles. The minimum Gasteiger partial charge on any atom is -0.335 e. The van der Waals surface area contributed by atoms with Gasteiger partial charge in [-0.2, -0.15) is 0 Å². The Morgan fingerprint density at radius 1 is 1.32 bits per heavy atom. The number of carbonyl (C=O) groups excluding carboxylic acids is 2. The summed E-state index contributed by atoms with van der Waals surface area (Å²) in [4.78, 5) is 23.4. The molecule has 3 N–H and O–H groups in total. The van der Waals surface area contributed by atoms with E-state index < -0.39 is 6.03 Å². The summed E-state index contributed by atoms with van der Waals surface area (Å²) in [7, 11) is 0. The van der Waals surface area contributed by atoms with Crippen LogP contribution in [0.15, 0.2) is 28.6 Å². The van der Waals surface area contributed by atoms with Crippen LogP contribution >= 0.6 is 23.1 Å². The van der Waals surface area contributed by atoms with E-state index in [2.05, 4.69) is 26.1 Å². The van der Waals surface area contributed by atoms with Crippen molar-refractivity contribution in [2.45, 2.75) is 37.6 Å². The number of nitrogens with zero attached hydrogens (tertiary/aromatic N) is 2. The molecule has 9 heteroatoms. The maximum atomic E-state index is 11.8. The summed E-state index contributed by atoms with van der Waals surface area (Å²) in [5.41, 5.74) is 2.09. The molecule has 7 nitrogen and oxygen atoms in total. The van der Waals surface area contributed by atoms with Gasteiger partial charge >= 0.3 is 6.03 Å². The molecule has 0 fully saturated rings. The maximum absolute atomic E-state index is 11.8. The van der Waals surface area contributed by atoms with Gasteiger partial charge in [0.05, 0.1) is 5.75 Å². The quantitative estimate of drug-likeness (QED) is 0.639. The van der Waals surface area contributed by atoms with E-state index in [1.165, 1.54) is 23.1 Å². The molecule has 2 rings (SSSR count). The van der Waals surface area contributed by atoms with Gasteiger partial charge in [0.25, 0.3) is 0 Å². The van der Waals surface area contributed by atoms with Crippen molar-refractivity contribution >= 4 is 45.9 Å². The van der Waals surface area contributed by atoms with Gasteiger partial charge in [0.1, 0.15) is 0 Å². The molecule has 1 unspecified atom stereocenters. The molecule has 0 radical (unpaired) electrons. The van der Waals surface area contributed by atoms with Crippen LogP contribution < -0.4 is 16.0 Å². The van der Waals surface area contributed by atoms with Crippen LogP contribution in [0.4, 0.5) is 15.6 Å². The zero-order chi connectivity index (χ0) is 18.2. The van der Waals surface area contributed by atoms with Gasteiger partial charge in [-0.05, 0) is 38.0 Å². The molecule has 0 spiro atoms. The van der Waals surface area contributed by atoms with Crippen molar-refractivity contribution in [3.63, 3.8) is 0 Å². The number of rotatable bonds is 7. The van der Waals surface area contributed by atoms with Gasteiger partial charge in [-0.3, -0.25) is 10.1 Å². The normalized spacial score (nSPS) is 11.6. The molecule has 0 aliphatic rings. The maximum Gasteiger partial charge on any atom is 0.321 e. The van der Waals surface area contributed by atoms with E-state index in [1.54, 1.807) is 0 Å². The molecule has 0 bridgehead atoms. The molecule has 1 aromatic carbocycles. The van der Waals surface area contributed by atoms with E-state index in [-0.39, 0.29) is 17.7 Å². The number of aryl methyl sites for hydroxylation is 1. The molecule has 1 aromatic heterocycles. The van der Waals surface area contributed by atoms with E-state index in [0.717, 1.165) is 17.7 Å². The second-order valence-electron chi connectivity index (χ2n) is 5.49. The third-order valence-electron chi connectivity index (χ3n) is 3.25. The number of thioether (sulfide) groups is 1. The number of nitrogens with one attached hydrogen (secondary N) is 3. The highest BCUT2D eigenvalue weighted by Gasteiger charge is 2.12. The minimum absolute atomic E-state index is 0.0267. The van der Waals surface area contributed by atoms with E-state index in [9.17, 15) is 9.59 Å². The van der Waals surface area contributed by atoms with Crippen LogP contribution in [-0.4, -0.2) is 33.9 Å². The predicted molar refractivity (Wildman–Crippen MR) is 102 cm³/mol. The van der Waals surface area contributed by atoms with Crippen molar-refractivity contribution < 1.29 is 9.59 Å². The van der Waals surface area contributed by atoms with Crippen LogP contribution in [0.5, 0.6) is 0 Å². The van der Waals surface area contributed by atoms with Gasteiger partial charge < -0.3 is 10.6 Å². The van der Waals surface area contributed by atoms with E-state index in [0.29, 0.717) is 9.47 Å². The lowest BCUT2D eigenvalue weighted by Crippen LogP contribution is -2.43. The number of anilines is 2. The summed E-state index contributed by atoms with van der Waals surface area (Å²) in [6.45, 7) is 5.85. The lowest BCUT2D eigenvalue weighted by molar-refractivity contribution is -0.117. The highest BCUT2D eigenvalue weighted by Crippen LogP contribution is 2.27. The lowest BCUT2D eigenvalue weighted by atomic mass is 10.2. The first-order chi connectivity index (χ1) is 12.0. The molecule has 25 heavy (non-hydrogen) atoms. The molecule has 1 heterocycles. The number of carbonyl (C=O) groups is 2. The fourth-order valence-corrected chi connectivity index (χ4v) is 3.39. The number of urea groups is 1. The van der Waals surface area contributed by atoms with Gasteiger partial charge in [-0.1, -0.05) is 42.2 Å². The Balaban J connectivity index is 1.79. The Labute approximate surface area is 155 Å². The standard InChI is InChI=1S/C16H21N5O2S2/c1-4-11(3)17-14(23)19-13(22)9-24-16-21-20-15(25-16)18-12-7-5-6-10(2)8-12/h5-8,11H,4,9H2,1-3H3,(H,18,20)(H2,17,19,22,23). The smallest absolute Gasteiger partial charge is 0.321 e. The summed E-state index contributed by atoms with van der Waals surface area (Å²) >= 11 is 2.60. The van der Waals surface area contributed by atoms with Gasteiger partial charge in [0.15, 0.2) is 4.34 Å². The first-order valence-corrected chi connectivity index (χ1v) is 9.66. The number of imide groups is 1. The Hall–Kier alpha value is -2.13. The van der Waals surface area contributed by atoms with Crippen molar-refractivity contribution in [2.24, 2.45) is 0 Å². The number of aromatic nitrogens is 2. The van der Waals surface area contributed by atoms with Crippen molar-refractivity contribution in [3.05, 3.63) is 29.8 Å². The number of hydrogen-bond donors (Lipinski definition) is 3. The fraction of sp³-hybridized carbons (Fsp3) is 0.375. The zero-order valence-corrected chi connectivity index (χ0v) is 16.0. The molecule has 0 aliphatic carbocycles. The molecule has 0 saturated carbocycles. The Morgan fingerprint density at radius 3 is 2.84 bits per heavy atom. The second-order valence-corrected chi connectivity index (χ2v) is 7.69. The lowest BCUT2D eigenvalue weighted by Gasteiger charge is -2.11. The SMILES string of the molecule is CCC(C)NC(=O)NC(=O)CSc1nnc(Nc2cccc(C)c2)s1. The fourth-order valence-electron chi connectivity index (χ4n) is 1.82. The first kappa shape index (κ1) is 19.2. The molecule has 1 atom stereocenters. The van der Waals surface area contributed by atoms with Gasteiger partial charge in [-0.15, -0.1) is 10.2 Å². The topological polar surface area (TPSA) is 96.0 Å². The summed E-state index contributed by atoms with van der Waals surface area (Å²) in [6, 6.07) is 7.49. The molecule has 134 valence electrons. The Morgan fingerprint density at radius 2 is 2.12 bits per heavy atom. The Bertz CT molecular complexity index is 735. The van der Waals surface area contributed by atoms with E-state index in [4.69, 9.17) is 0 Å². The van der Waals surface area contributed by atoms with E-state index >= 15 is 0 Å². The van der Waals surface area contributed by atoms with Gasteiger partial charge in [0, 0.05) is 11.7 Å². The Kier molecular flexibility index (Phi) is 7.20. The second kappa shape index (κ2) is 9.38. The average Bonchev–Trinajstić information content (AvgIpc) is 3.00. The summed E-state index contributed by atoms with van der Waals surface area (Å²) in [5, 5.41) is 16.9. The average molecular weight is 380 g/mol. The first-order valence-electron chi connectivity index (χ1n) is 7.86. The van der Waals surface area contributed by atoms with Gasteiger partial charge in [0.2, 0.25) is 11.0 Å². The molecule has 0 saturated heterocycles. The third-order valence-corrected chi connectivity index (χ3v) is 5.22. The molecule has 2 aromatic rings. The monoisotopic (exact) mass is 379 g/mol. The molecular formula is C16H21N5O2S2. The van der Waals surface area contributed by atoms with Crippen molar-refractivity contribution in [1.82, 2.24) is 20.8 Å². The predicted octanol–water partition coefficient (Wildman–Crippen LogP) is 3.31. The van der Waals surface area contributed by atoms with Crippen molar-refractivity contribution in [3.8, 4) is 0 Å². The van der Waals surface area contributed by atoms with Crippen molar-refractivity contribution in [1.29, 1.82) is 0 Å². The highest BCUT2D eigenvalue weighted by atomic mass is 32.2. The largest absolute Gasteiger partial charge is 0.335 e. The van der Waals surface area contributed by atoms with Crippen molar-refractivity contribution in [2.75, 3.05) is 11.1 Å². The van der Waals surface area contributed by atoms with E-state index in [1.807, 2.05) is 45.0 Å². The minimum atomic E-state index is -0.473. The molecule has 3 amide bonds. The summed E-state index contributed by atoms with van der Waals surface area (Å²) < 4.78 is 0.660. The van der Waals surface area contributed by atoms with Gasteiger partial charge in [-0.25, -0.2) is 4.79 Å². The van der Waals surface area contributed by atoms with Crippen LogP contribution in [0.2, 0.25) is 0 Å². The molecular weight excluding hydrogens is 358 g/mol.